The van der Waals surface area contributed by atoms with E-state index in [1.165, 1.54) is 238 Å². The highest BCUT2D eigenvalue weighted by atomic mass is 31.2. The quantitative estimate of drug-likeness (QED) is 0.0222. The van der Waals surface area contributed by atoms with Crippen LogP contribution in [-0.4, -0.2) is 96.7 Å². The molecule has 0 aromatic heterocycles. The molecule has 0 rings (SSSR count). The van der Waals surface area contributed by atoms with Crippen molar-refractivity contribution in [2.24, 2.45) is 0 Å². The Balaban J connectivity index is 5.17. The molecule has 96 heavy (non-hydrogen) atoms. The van der Waals surface area contributed by atoms with Crippen molar-refractivity contribution in [1.29, 1.82) is 0 Å². The number of carbonyl (C=O) groups is 4. The predicted molar refractivity (Wildman–Crippen MR) is 391 cm³/mol. The summed E-state index contributed by atoms with van der Waals surface area (Å²) in [5.41, 5.74) is 0. The van der Waals surface area contributed by atoms with E-state index in [4.69, 9.17) is 37.0 Å². The van der Waals surface area contributed by atoms with Crippen molar-refractivity contribution in [1.82, 2.24) is 0 Å². The van der Waals surface area contributed by atoms with Gasteiger partial charge in [-0.25, -0.2) is 9.13 Å². The third-order valence-electron chi connectivity index (χ3n) is 18.1. The summed E-state index contributed by atoms with van der Waals surface area (Å²) in [5, 5.41) is 10.6. The van der Waals surface area contributed by atoms with Crippen molar-refractivity contribution in [3.05, 3.63) is 0 Å². The number of phosphoric ester groups is 2. The lowest BCUT2D eigenvalue weighted by atomic mass is 10.0. The maximum atomic E-state index is 13.1. The van der Waals surface area contributed by atoms with E-state index in [1.807, 2.05) is 0 Å². The highest BCUT2D eigenvalue weighted by Gasteiger charge is 2.30. The third kappa shape index (κ3) is 70.5. The second-order valence-electron chi connectivity index (χ2n) is 27.7. The van der Waals surface area contributed by atoms with E-state index in [0.717, 1.165) is 96.3 Å². The molecule has 0 aromatic carbocycles. The van der Waals surface area contributed by atoms with Gasteiger partial charge in [0.1, 0.15) is 19.3 Å². The van der Waals surface area contributed by atoms with Gasteiger partial charge < -0.3 is 33.8 Å². The molecule has 2 unspecified atom stereocenters. The molecule has 0 bridgehead atoms. The molecule has 17 nitrogen and oxygen atoms in total. The van der Waals surface area contributed by atoms with Gasteiger partial charge in [0.15, 0.2) is 12.2 Å². The number of phosphoric acid groups is 2. The average molecular weight is 1410 g/mol. The van der Waals surface area contributed by atoms with E-state index in [0.29, 0.717) is 25.7 Å². The van der Waals surface area contributed by atoms with Crippen molar-refractivity contribution < 1.29 is 80.2 Å². The molecule has 0 fully saturated rings. The van der Waals surface area contributed by atoms with Crippen LogP contribution in [0.3, 0.4) is 0 Å². The molecule has 0 aliphatic rings. The van der Waals surface area contributed by atoms with Crippen molar-refractivity contribution in [2.75, 3.05) is 39.6 Å². The van der Waals surface area contributed by atoms with Gasteiger partial charge in [-0.2, -0.15) is 0 Å². The standard InChI is InChI=1S/C77H150O17P2/c1-5-9-13-17-21-25-28-30-32-34-36-38-40-42-44-47-50-54-58-62-75(80)88-68-73(94-77(82)64-60-56-52-48-45-43-41-39-37-35-33-31-29-26-22-18-14-10-6-2)70-92-96(85,86)90-66-71(78)65-89-95(83,84)91-69-72(67-87-74(79)61-57-53-49-24-20-16-12-8-4)93-76(81)63-59-55-51-46-27-23-19-15-11-7-3/h71-73,78H,5-70H2,1-4H3,(H,83,84)(H,85,86)/t71-,72+,73+/m0/s1. The normalized spacial score (nSPS) is 13.9. The van der Waals surface area contributed by atoms with Gasteiger partial charge in [0.2, 0.25) is 0 Å². The van der Waals surface area contributed by atoms with Gasteiger partial charge in [-0.3, -0.25) is 37.3 Å². The summed E-state index contributed by atoms with van der Waals surface area (Å²) in [6.45, 7) is 4.96. The Hall–Kier alpha value is -1.94. The zero-order valence-electron chi connectivity index (χ0n) is 62.4. The molecule has 0 aliphatic heterocycles. The second kappa shape index (κ2) is 71.5. The monoisotopic (exact) mass is 1410 g/mol. The molecule has 0 heterocycles. The average Bonchev–Trinajstić information content (AvgIpc) is 1.16. The highest BCUT2D eigenvalue weighted by Crippen LogP contribution is 2.45. The smallest absolute Gasteiger partial charge is 0.462 e. The summed E-state index contributed by atoms with van der Waals surface area (Å²) in [5.74, 6) is -2.11. The zero-order chi connectivity index (χ0) is 70.4. The van der Waals surface area contributed by atoms with Gasteiger partial charge in [0, 0.05) is 25.7 Å². The summed E-state index contributed by atoms with van der Waals surface area (Å²) >= 11 is 0. The summed E-state index contributed by atoms with van der Waals surface area (Å²) in [7, 11) is -9.90. The lowest BCUT2D eigenvalue weighted by molar-refractivity contribution is -0.161. The van der Waals surface area contributed by atoms with Gasteiger partial charge >= 0.3 is 39.5 Å². The van der Waals surface area contributed by atoms with Crippen LogP contribution >= 0.6 is 15.6 Å². The van der Waals surface area contributed by atoms with Gasteiger partial charge in [-0.15, -0.1) is 0 Å². The Bertz CT molecular complexity index is 1830. The number of ether oxygens (including phenoxy) is 4. The molecule has 0 saturated heterocycles. The van der Waals surface area contributed by atoms with Crippen LogP contribution in [0, 0.1) is 0 Å². The molecule has 0 radical (unpaired) electrons. The molecule has 19 heteroatoms. The molecule has 0 amide bonds. The van der Waals surface area contributed by atoms with Crippen LogP contribution in [0.15, 0.2) is 0 Å². The van der Waals surface area contributed by atoms with Crippen LogP contribution in [0.1, 0.15) is 413 Å². The van der Waals surface area contributed by atoms with Crippen molar-refractivity contribution in [3.8, 4) is 0 Å². The van der Waals surface area contributed by atoms with Crippen LogP contribution in [0.2, 0.25) is 0 Å². The number of rotatable bonds is 78. The van der Waals surface area contributed by atoms with Crippen molar-refractivity contribution in [3.63, 3.8) is 0 Å². The number of unbranched alkanes of at least 4 members (excludes halogenated alkanes) is 52. The van der Waals surface area contributed by atoms with E-state index in [1.54, 1.807) is 0 Å². The first-order valence-electron chi connectivity index (χ1n) is 40.3. The summed E-state index contributed by atoms with van der Waals surface area (Å²) in [6, 6.07) is 0. The number of esters is 4. The summed E-state index contributed by atoms with van der Waals surface area (Å²) < 4.78 is 68.4. The minimum absolute atomic E-state index is 0.107. The maximum absolute atomic E-state index is 13.1. The number of aliphatic hydroxyl groups excluding tert-OH is 1. The lowest BCUT2D eigenvalue weighted by Crippen LogP contribution is -2.30. The molecule has 0 spiro atoms. The number of aliphatic hydroxyl groups is 1. The Kier molecular flexibility index (Phi) is 70.0. The first-order chi connectivity index (χ1) is 46.7. The largest absolute Gasteiger partial charge is 0.472 e. The Morgan fingerprint density at radius 3 is 0.615 bits per heavy atom. The van der Waals surface area contributed by atoms with Crippen molar-refractivity contribution >= 4 is 39.5 Å². The Morgan fingerprint density at radius 1 is 0.250 bits per heavy atom. The molecule has 5 atom stereocenters. The van der Waals surface area contributed by atoms with Crippen LogP contribution in [0.25, 0.3) is 0 Å². The number of hydrogen-bond donors (Lipinski definition) is 3. The highest BCUT2D eigenvalue weighted by molar-refractivity contribution is 7.47. The minimum atomic E-state index is -4.96. The Labute approximate surface area is 588 Å². The van der Waals surface area contributed by atoms with Crippen LogP contribution < -0.4 is 0 Å². The van der Waals surface area contributed by atoms with E-state index in [9.17, 15) is 43.2 Å². The molecule has 3 N–H and O–H groups in total. The predicted octanol–water partition coefficient (Wildman–Crippen LogP) is 23.0. The van der Waals surface area contributed by atoms with E-state index >= 15 is 0 Å². The third-order valence-corrected chi connectivity index (χ3v) is 20.0. The second-order valence-corrected chi connectivity index (χ2v) is 30.7. The van der Waals surface area contributed by atoms with Crippen LogP contribution in [0.4, 0.5) is 0 Å². The maximum Gasteiger partial charge on any atom is 0.472 e. The molecule has 0 aliphatic carbocycles. The Morgan fingerprint density at radius 2 is 0.417 bits per heavy atom. The van der Waals surface area contributed by atoms with Gasteiger partial charge in [-0.1, -0.05) is 362 Å². The lowest BCUT2D eigenvalue weighted by Gasteiger charge is -2.21. The molecule has 0 saturated carbocycles. The fourth-order valence-corrected chi connectivity index (χ4v) is 13.5. The van der Waals surface area contributed by atoms with Crippen LogP contribution in [0.5, 0.6) is 0 Å². The number of carbonyl (C=O) groups excluding carboxylic acids is 4. The SMILES string of the molecule is CCCCCCCCCCCCCCCCCCCCCC(=O)OC[C@H](COP(=O)(O)OC[C@@H](O)COP(=O)(O)OC[C@@H](COC(=O)CCCCCCCCCC)OC(=O)CCCCCCCCCCCC)OC(=O)CCCCCCCCCCCCCCCCCCCCC. The fraction of sp³-hybridized carbons (Fsp3) is 0.948. The van der Waals surface area contributed by atoms with E-state index in [-0.39, 0.29) is 25.7 Å². The van der Waals surface area contributed by atoms with Crippen molar-refractivity contribution in [2.45, 2.75) is 431 Å². The first-order valence-corrected chi connectivity index (χ1v) is 43.3. The van der Waals surface area contributed by atoms with Gasteiger partial charge in [0.05, 0.1) is 26.4 Å². The van der Waals surface area contributed by atoms with E-state index < -0.39 is 97.5 Å². The summed E-state index contributed by atoms with van der Waals surface area (Å²) in [4.78, 5) is 72.7. The molecular weight excluding hydrogens is 1260 g/mol. The summed E-state index contributed by atoms with van der Waals surface area (Å²) in [6.07, 6.45) is 62.6. The van der Waals surface area contributed by atoms with Gasteiger partial charge in [0.25, 0.3) is 0 Å². The molecule has 0 aromatic rings. The van der Waals surface area contributed by atoms with E-state index in [2.05, 4.69) is 27.7 Å². The zero-order valence-corrected chi connectivity index (χ0v) is 64.1. The fourth-order valence-electron chi connectivity index (χ4n) is 11.9. The van der Waals surface area contributed by atoms with Gasteiger partial charge in [-0.05, 0) is 25.7 Å². The molecule has 570 valence electrons. The number of hydrogen-bond acceptors (Lipinski definition) is 15. The first kappa shape index (κ1) is 94.1. The minimum Gasteiger partial charge on any atom is -0.462 e. The van der Waals surface area contributed by atoms with Crippen LogP contribution in [-0.2, 0) is 65.4 Å². The topological polar surface area (TPSA) is 237 Å². The molecular formula is C77H150O17P2.